The molecule has 0 atom stereocenters. The molecule has 0 saturated heterocycles. The number of thiazole rings is 1. The summed E-state index contributed by atoms with van der Waals surface area (Å²) in [6.45, 7) is 5.34. The summed E-state index contributed by atoms with van der Waals surface area (Å²) in [5.74, 6) is -1.24. The van der Waals surface area contributed by atoms with E-state index in [4.69, 9.17) is 4.74 Å². The van der Waals surface area contributed by atoms with Gasteiger partial charge in [-0.3, -0.25) is 9.59 Å². The summed E-state index contributed by atoms with van der Waals surface area (Å²) in [5.41, 5.74) is 1.79. The number of rotatable bonds is 6. The van der Waals surface area contributed by atoms with Gasteiger partial charge >= 0.3 is 5.97 Å². The lowest BCUT2D eigenvalue weighted by atomic mass is 10.2. The van der Waals surface area contributed by atoms with E-state index < -0.39 is 21.7 Å². The fraction of sp³-hybridized carbons (Fsp3) is 0.286. The van der Waals surface area contributed by atoms with E-state index in [1.165, 1.54) is 30.4 Å². The molecule has 0 spiro atoms. The monoisotopic (exact) mass is 446 g/mol. The molecule has 1 heterocycles. The van der Waals surface area contributed by atoms with E-state index >= 15 is 0 Å². The Balaban J connectivity index is 2.17. The fourth-order valence-electron chi connectivity index (χ4n) is 2.97. The smallest absolute Gasteiger partial charge is 0.326 e. The second-order valence-electron chi connectivity index (χ2n) is 6.56. The van der Waals surface area contributed by atoms with Crippen molar-refractivity contribution in [2.45, 2.75) is 32.2 Å². The first-order chi connectivity index (χ1) is 14.3. The van der Waals surface area contributed by atoms with Crippen LogP contribution in [0.3, 0.4) is 0 Å². The number of nitrogens with zero attached hydrogens (tertiary/aromatic N) is 2. The van der Waals surface area contributed by atoms with Gasteiger partial charge in [-0.1, -0.05) is 36.5 Å². The summed E-state index contributed by atoms with van der Waals surface area (Å²) in [5, 5.41) is 0. The molecule has 0 aliphatic rings. The minimum atomic E-state index is -3.59. The minimum absolute atomic E-state index is 0.00988. The first-order valence-corrected chi connectivity index (χ1v) is 11.9. The highest BCUT2D eigenvalue weighted by Gasteiger charge is 2.21. The Kier molecular flexibility index (Phi) is 6.52. The van der Waals surface area contributed by atoms with Crippen molar-refractivity contribution in [3.63, 3.8) is 0 Å². The Hall–Kier alpha value is -2.78. The Morgan fingerprint density at radius 2 is 1.87 bits per heavy atom. The molecule has 2 aromatic carbocycles. The van der Waals surface area contributed by atoms with Crippen LogP contribution in [0.2, 0.25) is 0 Å². The Labute approximate surface area is 178 Å². The zero-order valence-corrected chi connectivity index (χ0v) is 18.5. The number of aryl methyl sites for hydroxylation is 1. The highest BCUT2D eigenvalue weighted by molar-refractivity contribution is 7.91. The van der Waals surface area contributed by atoms with Crippen LogP contribution in [0.1, 0.15) is 29.8 Å². The summed E-state index contributed by atoms with van der Waals surface area (Å²) >= 11 is 1.26. The summed E-state index contributed by atoms with van der Waals surface area (Å²) < 4.78 is 32.3. The lowest BCUT2D eigenvalue weighted by Gasteiger charge is -2.07. The standard InChI is InChI=1S/C21H22N2O5S2/c1-4-28-19(24)13-23-16-11-10-14(3)12-17(16)29-21(23)22-20(25)15-8-6-7-9-18(15)30(26,27)5-2/h6-12H,4-5,13H2,1-3H3. The average molecular weight is 447 g/mol. The maximum atomic E-state index is 13.0. The largest absolute Gasteiger partial charge is 0.465 e. The predicted molar refractivity (Wildman–Crippen MR) is 115 cm³/mol. The van der Waals surface area contributed by atoms with Crippen LogP contribution in [-0.4, -0.2) is 37.2 Å². The summed E-state index contributed by atoms with van der Waals surface area (Å²) in [6, 6.07) is 11.7. The number of aromatic nitrogens is 1. The lowest BCUT2D eigenvalue weighted by molar-refractivity contribution is -0.143. The Morgan fingerprint density at radius 3 is 2.57 bits per heavy atom. The number of hydrogen-bond acceptors (Lipinski definition) is 6. The molecule has 3 rings (SSSR count). The van der Waals surface area contributed by atoms with Crippen LogP contribution >= 0.6 is 11.3 Å². The van der Waals surface area contributed by atoms with E-state index in [0.29, 0.717) is 4.80 Å². The normalized spacial score (nSPS) is 12.3. The third-order valence-corrected chi connectivity index (χ3v) is 7.29. The molecular formula is C21H22N2O5S2. The van der Waals surface area contributed by atoms with Crippen LogP contribution in [0.4, 0.5) is 0 Å². The molecule has 7 nitrogen and oxygen atoms in total. The van der Waals surface area contributed by atoms with Gasteiger partial charge in [0.1, 0.15) is 6.54 Å². The summed E-state index contributed by atoms with van der Waals surface area (Å²) in [7, 11) is -3.59. The van der Waals surface area contributed by atoms with E-state index in [9.17, 15) is 18.0 Å². The molecule has 0 N–H and O–H groups in total. The van der Waals surface area contributed by atoms with Gasteiger partial charge in [-0.05, 0) is 43.7 Å². The predicted octanol–water partition coefficient (Wildman–Crippen LogP) is 3.11. The zero-order chi connectivity index (χ0) is 21.9. The number of hydrogen-bond donors (Lipinski definition) is 0. The van der Waals surface area contributed by atoms with Crippen molar-refractivity contribution in [1.29, 1.82) is 0 Å². The second kappa shape index (κ2) is 8.93. The third kappa shape index (κ3) is 4.52. The number of fused-ring (bicyclic) bond motifs is 1. The number of carbonyl (C=O) groups excluding carboxylic acids is 2. The van der Waals surface area contributed by atoms with Crippen LogP contribution in [0.15, 0.2) is 52.4 Å². The molecule has 0 radical (unpaired) electrons. The second-order valence-corrected chi connectivity index (χ2v) is 9.82. The molecule has 158 valence electrons. The van der Waals surface area contributed by atoms with Gasteiger partial charge in [-0.2, -0.15) is 4.99 Å². The maximum Gasteiger partial charge on any atom is 0.326 e. The molecule has 0 unspecified atom stereocenters. The molecule has 0 bridgehead atoms. The van der Waals surface area contributed by atoms with Gasteiger partial charge in [0.2, 0.25) is 0 Å². The van der Waals surface area contributed by atoms with Crippen LogP contribution in [0, 0.1) is 6.92 Å². The fourth-order valence-corrected chi connectivity index (χ4v) is 5.18. The molecule has 0 saturated carbocycles. The average Bonchev–Trinajstić information content (AvgIpc) is 3.04. The van der Waals surface area contributed by atoms with Crippen molar-refractivity contribution in [2.75, 3.05) is 12.4 Å². The van der Waals surface area contributed by atoms with Gasteiger partial charge in [0, 0.05) is 0 Å². The SMILES string of the molecule is CCOC(=O)Cn1c(=NC(=O)c2ccccc2S(=O)(=O)CC)sc2cc(C)ccc21. The quantitative estimate of drug-likeness (QED) is 0.542. The Morgan fingerprint density at radius 1 is 1.13 bits per heavy atom. The zero-order valence-electron chi connectivity index (χ0n) is 16.9. The molecule has 0 aliphatic carbocycles. The van der Waals surface area contributed by atoms with E-state index in [-0.39, 0.29) is 29.4 Å². The van der Waals surface area contributed by atoms with E-state index in [0.717, 1.165) is 15.8 Å². The molecule has 3 aromatic rings. The van der Waals surface area contributed by atoms with E-state index in [1.807, 2.05) is 25.1 Å². The Bertz CT molecular complexity index is 1290. The molecule has 9 heteroatoms. The summed E-state index contributed by atoms with van der Waals surface area (Å²) in [4.78, 5) is 29.5. The number of amides is 1. The molecular weight excluding hydrogens is 424 g/mol. The van der Waals surface area contributed by atoms with E-state index in [1.54, 1.807) is 23.6 Å². The highest BCUT2D eigenvalue weighted by atomic mass is 32.2. The topological polar surface area (TPSA) is 94.8 Å². The van der Waals surface area contributed by atoms with Crippen LogP contribution in [0.25, 0.3) is 10.2 Å². The number of ether oxygens (including phenoxy) is 1. The van der Waals surface area contributed by atoms with Gasteiger partial charge in [-0.15, -0.1) is 0 Å². The minimum Gasteiger partial charge on any atom is -0.465 e. The van der Waals surface area contributed by atoms with Gasteiger partial charge in [0.25, 0.3) is 5.91 Å². The van der Waals surface area contributed by atoms with Gasteiger partial charge in [-0.25, -0.2) is 8.42 Å². The van der Waals surface area contributed by atoms with Crippen molar-refractivity contribution in [1.82, 2.24) is 4.57 Å². The molecule has 1 aromatic heterocycles. The lowest BCUT2D eigenvalue weighted by Crippen LogP contribution is -2.23. The van der Waals surface area contributed by atoms with Gasteiger partial charge in [0.05, 0.1) is 33.0 Å². The number of carbonyl (C=O) groups is 2. The first-order valence-electron chi connectivity index (χ1n) is 9.43. The number of benzene rings is 2. The van der Waals surface area contributed by atoms with Crippen molar-refractivity contribution in [3.8, 4) is 0 Å². The van der Waals surface area contributed by atoms with Crippen LogP contribution in [0.5, 0.6) is 0 Å². The van der Waals surface area contributed by atoms with Crippen molar-refractivity contribution in [3.05, 3.63) is 58.4 Å². The van der Waals surface area contributed by atoms with Crippen LogP contribution in [-0.2, 0) is 25.9 Å². The molecule has 1 amide bonds. The van der Waals surface area contributed by atoms with Crippen LogP contribution < -0.4 is 4.80 Å². The van der Waals surface area contributed by atoms with Gasteiger partial charge < -0.3 is 9.30 Å². The molecule has 30 heavy (non-hydrogen) atoms. The summed E-state index contributed by atoms with van der Waals surface area (Å²) in [6.07, 6.45) is 0. The van der Waals surface area contributed by atoms with Crippen molar-refractivity contribution < 1.29 is 22.7 Å². The number of sulfone groups is 1. The van der Waals surface area contributed by atoms with E-state index in [2.05, 4.69) is 4.99 Å². The van der Waals surface area contributed by atoms with Crippen molar-refractivity contribution >= 4 is 43.3 Å². The van der Waals surface area contributed by atoms with Crippen molar-refractivity contribution in [2.24, 2.45) is 4.99 Å². The maximum absolute atomic E-state index is 13.0. The third-order valence-electron chi connectivity index (χ3n) is 4.46. The molecule has 0 fully saturated rings. The highest BCUT2D eigenvalue weighted by Crippen LogP contribution is 2.21. The van der Waals surface area contributed by atoms with Gasteiger partial charge in [0.15, 0.2) is 14.6 Å². The first kappa shape index (κ1) is 21.9. The molecule has 0 aliphatic heterocycles. The number of esters is 1.